The van der Waals surface area contributed by atoms with Gasteiger partial charge in [-0.05, 0) is 24.3 Å². The first kappa shape index (κ1) is 10.2. The Kier molecular flexibility index (Phi) is 2.08. The molecule has 0 amide bonds. The number of hydrogen-bond donors (Lipinski definition) is 0. The topological polar surface area (TPSA) is 43.6 Å². The van der Waals surface area contributed by atoms with E-state index in [9.17, 15) is 0 Å². The van der Waals surface area contributed by atoms with Crippen molar-refractivity contribution in [1.29, 1.82) is 0 Å². The number of nitrogens with zero attached hydrogens (tertiary/aromatic N) is 4. The fourth-order valence-corrected chi connectivity index (χ4v) is 2.31. The van der Waals surface area contributed by atoms with Gasteiger partial charge in [0.25, 0.3) is 0 Å². The van der Waals surface area contributed by atoms with Crippen molar-refractivity contribution in [3.63, 3.8) is 0 Å². The van der Waals surface area contributed by atoms with E-state index in [0.29, 0.717) is 0 Å². The molecule has 4 rings (SSSR count). The quantitative estimate of drug-likeness (QED) is 0.518. The van der Waals surface area contributed by atoms with Gasteiger partial charge in [-0.1, -0.05) is 24.3 Å². The summed E-state index contributed by atoms with van der Waals surface area (Å²) in [5, 5.41) is 1.02. The summed E-state index contributed by atoms with van der Waals surface area (Å²) in [6.07, 6.45) is 3.39. The average Bonchev–Trinajstić information content (AvgIpc) is 2.90. The molecule has 0 saturated heterocycles. The molecule has 0 unspecified atom stereocenters. The molecule has 0 spiro atoms. The molecule has 2 heterocycles. The van der Waals surface area contributed by atoms with Crippen molar-refractivity contribution in [3.8, 4) is 5.82 Å². The van der Waals surface area contributed by atoms with Crippen LogP contribution in [0.1, 0.15) is 0 Å². The molecule has 2 aromatic carbocycles. The van der Waals surface area contributed by atoms with Crippen molar-refractivity contribution in [2.75, 3.05) is 0 Å². The lowest BCUT2D eigenvalue weighted by Gasteiger charge is -2.06. The maximum atomic E-state index is 4.41. The molecule has 0 bridgehead atoms. The summed E-state index contributed by atoms with van der Waals surface area (Å²) in [5.74, 6) is 0.860. The first-order chi connectivity index (χ1) is 9.43. The number of hydrogen-bond acceptors (Lipinski definition) is 3. The molecule has 0 fully saturated rings. The minimum atomic E-state index is 0.860. The fraction of sp³-hybridized carbons (Fsp3) is 0. The monoisotopic (exact) mass is 246 g/mol. The number of benzene rings is 2. The van der Waals surface area contributed by atoms with Crippen LogP contribution in [0.5, 0.6) is 0 Å². The molecular weight excluding hydrogens is 236 g/mol. The van der Waals surface area contributed by atoms with E-state index in [2.05, 4.69) is 15.0 Å². The summed E-state index contributed by atoms with van der Waals surface area (Å²) in [5.41, 5.74) is 2.95. The van der Waals surface area contributed by atoms with Crippen molar-refractivity contribution in [1.82, 2.24) is 19.5 Å². The van der Waals surface area contributed by atoms with Crippen LogP contribution in [0.3, 0.4) is 0 Å². The summed E-state index contributed by atoms with van der Waals surface area (Å²) in [4.78, 5) is 13.1. The number of rotatable bonds is 1. The Bertz CT molecular complexity index is 874. The van der Waals surface area contributed by atoms with Gasteiger partial charge in [0.15, 0.2) is 0 Å². The number of imidazole rings is 1. The molecular formula is C15H10N4. The van der Waals surface area contributed by atoms with Crippen LogP contribution < -0.4 is 0 Å². The van der Waals surface area contributed by atoms with Gasteiger partial charge < -0.3 is 0 Å². The van der Waals surface area contributed by atoms with Gasteiger partial charge in [-0.15, -0.1) is 0 Å². The molecule has 2 aromatic heterocycles. The second kappa shape index (κ2) is 3.88. The third kappa shape index (κ3) is 1.50. The van der Waals surface area contributed by atoms with Gasteiger partial charge in [-0.3, -0.25) is 4.57 Å². The molecule has 0 aliphatic carbocycles. The summed E-state index contributed by atoms with van der Waals surface area (Å²) in [7, 11) is 0. The number of fused-ring (bicyclic) bond motifs is 2. The Hall–Kier alpha value is -2.75. The Labute approximate surface area is 109 Å². The van der Waals surface area contributed by atoms with Crippen LogP contribution in [0.25, 0.3) is 27.8 Å². The molecule has 4 nitrogen and oxygen atoms in total. The molecule has 0 aliphatic rings. The highest BCUT2D eigenvalue weighted by molar-refractivity contribution is 5.87. The maximum Gasteiger partial charge on any atom is 0.149 e. The highest BCUT2D eigenvalue weighted by Gasteiger charge is 2.08. The van der Waals surface area contributed by atoms with Crippen molar-refractivity contribution in [3.05, 3.63) is 61.2 Å². The van der Waals surface area contributed by atoms with E-state index in [0.717, 1.165) is 27.8 Å². The molecule has 19 heavy (non-hydrogen) atoms. The minimum absolute atomic E-state index is 0.860. The largest absolute Gasteiger partial charge is 0.282 e. The third-order valence-corrected chi connectivity index (χ3v) is 3.20. The molecule has 90 valence electrons. The van der Waals surface area contributed by atoms with Crippen LogP contribution in [-0.4, -0.2) is 19.5 Å². The maximum absolute atomic E-state index is 4.41. The Morgan fingerprint density at radius 3 is 2.47 bits per heavy atom. The van der Waals surface area contributed by atoms with E-state index < -0.39 is 0 Å². The second-order valence-corrected chi connectivity index (χ2v) is 4.32. The molecule has 4 aromatic rings. The summed E-state index contributed by atoms with van der Waals surface area (Å²) in [6, 6.07) is 16.0. The van der Waals surface area contributed by atoms with Crippen LogP contribution in [-0.2, 0) is 0 Å². The Balaban J connectivity index is 2.10. The second-order valence-electron chi connectivity index (χ2n) is 4.32. The van der Waals surface area contributed by atoms with Crippen molar-refractivity contribution >= 4 is 21.9 Å². The lowest BCUT2D eigenvalue weighted by molar-refractivity contribution is 1.02. The lowest BCUT2D eigenvalue weighted by Crippen LogP contribution is -1.98. The molecule has 0 radical (unpaired) electrons. The zero-order valence-electron chi connectivity index (χ0n) is 10.1. The molecule has 4 heteroatoms. The van der Waals surface area contributed by atoms with E-state index in [1.165, 1.54) is 0 Å². The molecule has 0 saturated carbocycles. The third-order valence-electron chi connectivity index (χ3n) is 3.20. The first-order valence-electron chi connectivity index (χ1n) is 6.06. The first-order valence-corrected chi connectivity index (χ1v) is 6.06. The molecule has 0 aliphatic heterocycles. The van der Waals surface area contributed by atoms with Gasteiger partial charge in [0, 0.05) is 5.39 Å². The van der Waals surface area contributed by atoms with Gasteiger partial charge in [-0.25, -0.2) is 15.0 Å². The van der Waals surface area contributed by atoms with Gasteiger partial charge in [0.1, 0.15) is 18.5 Å². The Morgan fingerprint density at radius 1 is 0.737 bits per heavy atom. The van der Waals surface area contributed by atoms with E-state index >= 15 is 0 Å². The highest BCUT2D eigenvalue weighted by atomic mass is 15.1. The highest BCUT2D eigenvalue weighted by Crippen LogP contribution is 2.22. The minimum Gasteiger partial charge on any atom is -0.282 e. The summed E-state index contributed by atoms with van der Waals surface area (Å²) in [6.45, 7) is 0. The predicted molar refractivity (Wildman–Crippen MR) is 74.2 cm³/mol. The van der Waals surface area contributed by atoms with Crippen molar-refractivity contribution in [2.45, 2.75) is 0 Å². The average molecular weight is 246 g/mol. The standard InChI is InChI=1S/C15H10N4/c1-2-6-12-11(5-1)15(17-9-16-12)19-10-18-13-7-3-4-8-14(13)19/h1-10H. The van der Waals surface area contributed by atoms with Crippen molar-refractivity contribution in [2.24, 2.45) is 0 Å². The van der Waals surface area contributed by atoms with E-state index in [1.807, 2.05) is 53.1 Å². The number of aromatic nitrogens is 4. The van der Waals surface area contributed by atoms with Crippen LogP contribution in [0.4, 0.5) is 0 Å². The lowest BCUT2D eigenvalue weighted by atomic mass is 10.2. The van der Waals surface area contributed by atoms with E-state index in [1.54, 1.807) is 12.7 Å². The van der Waals surface area contributed by atoms with Gasteiger partial charge >= 0.3 is 0 Å². The van der Waals surface area contributed by atoms with Crippen LogP contribution in [0.2, 0.25) is 0 Å². The smallest absolute Gasteiger partial charge is 0.149 e. The van der Waals surface area contributed by atoms with Gasteiger partial charge in [0.05, 0.1) is 16.6 Å². The summed E-state index contributed by atoms with van der Waals surface area (Å²) >= 11 is 0. The Morgan fingerprint density at radius 2 is 1.53 bits per heavy atom. The number of para-hydroxylation sites is 3. The summed E-state index contributed by atoms with van der Waals surface area (Å²) < 4.78 is 2.00. The van der Waals surface area contributed by atoms with Gasteiger partial charge in [-0.2, -0.15) is 0 Å². The van der Waals surface area contributed by atoms with Crippen molar-refractivity contribution < 1.29 is 0 Å². The van der Waals surface area contributed by atoms with Crippen LogP contribution >= 0.6 is 0 Å². The molecule has 0 N–H and O–H groups in total. The molecule has 0 atom stereocenters. The van der Waals surface area contributed by atoms with Gasteiger partial charge in [0.2, 0.25) is 0 Å². The predicted octanol–water partition coefficient (Wildman–Crippen LogP) is 2.97. The zero-order valence-corrected chi connectivity index (χ0v) is 10.1. The van der Waals surface area contributed by atoms with Crippen LogP contribution in [0.15, 0.2) is 61.2 Å². The normalized spacial score (nSPS) is 11.2. The van der Waals surface area contributed by atoms with E-state index in [-0.39, 0.29) is 0 Å². The fourth-order valence-electron chi connectivity index (χ4n) is 2.31. The zero-order chi connectivity index (χ0) is 12.7. The van der Waals surface area contributed by atoms with Crippen LogP contribution in [0, 0.1) is 0 Å². The van der Waals surface area contributed by atoms with E-state index in [4.69, 9.17) is 0 Å². The SMILES string of the molecule is c1ccc2c(-n3cnc4ccccc43)ncnc2c1.